The minimum Gasteiger partial charge on any atom is -0.344 e. The van der Waals surface area contributed by atoms with E-state index in [1.165, 1.54) is 25.1 Å². The number of benzene rings is 2. The Bertz CT molecular complexity index is 1200. The van der Waals surface area contributed by atoms with E-state index < -0.39 is 28.8 Å². The zero-order valence-electron chi connectivity index (χ0n) is 16.7. The smallest absolute Gasteiger partial charge is 0.344 e. The van der Waals surface area contributed by atoms with Crippen LogP contribution in [0.1, 0.15) is 51.8 Å². The van der Waals surface area contributed by atoms with Crippen molar-refractivity contribution in [2.75, 3.05) is 0 Å². The molecule has 1 atom stereocenters. The first-order valence-corrected chi connectivity index (χ1v) is 9.92. The average molecular weight is 427 g/mol. The highest BCUT2D eigenvalue weighted by Crippen LogP contribution is 2.34. The van der Waals surface area contributed by atoms with Crippen molar-refractivity contribution >= 4 is 5.91 Å². The van der Waals surface area contributed by atoms with Gasteiger partial charge in [0.15, 0.2) is 5.69 Å². The van der Waals surface area contributed by atoms with Crippen molar-refractivity contribution < 1.29 is 18.0 Å². The van der Waals surface area contributed by atoms with Crippen LogP contribution >= 0.6 is 0 Å². The normalized spacial score (nSPS) is 15.9. The predicted molar refractivity (Wildman–Crippen MR) is 109 cm³/mol. The highest BCUT2D eigenvalue weighted by atomic mass is 19.4. The minimum absolute atomic E-state index is 0.196. The topological polar surface area (TPSA) is 64.0 Å². The van der Waals surface area contributed by atoms with E-state index in [2.05, 4.69) is 10.4 Å². The molecule has 8 heteroatoms. The van der Waals surface area contributed by atoms with Crippen LogP contribution in [0.15, 0.2) is 59.4 Å². The van der Waals surface area contributed by atoms with Crippen molar-refractivity contribution in [2.45, 2.75) is 38.4 Å². The molecule has 1 unspecified atom stereocenters. The third-order valence-corrected chi connectivity index (χ3v) is 5.43. The molecule has 0 spiro atoms. The van der Waals surface area contributed by atoms with Gasteiger partial charge in [-0.3, -0.25) is 9.59 Å². The van der Waals surface area contributed by atoms with Crippen LogP contribution in [0.5, 0.6) is 0 Å². The summed E-state index contributed by atoms with van der Waals surface area (Å²) in [5.74, 6) is -0.704. The van der Waals surface area contributed by atoms with Crippen LogP contribution in [-0.2, 0) is 12.6 Å². The van der Waals surface area contributed by atoms with E-state index in [1.807, 2.05) is 24.3 Å². The van der Waals surface area contributed by atoms with Gasteiger partial charge in [-0.2, -0.15) is 18.3 Å². The van der Waals surface area contributed by atoms with Gasteiger partial charge in [0.25, 0.3) is 5.91 Å². The number of fused-ring (bicyclic) bond motifs is 1. The number of hydrogen-bond donors (Lipinski definition) is 1. The lowest BCUT2D eigenvalue weighted by molar-refractivity contribution is -0.137. The van der Waals surface area contributed by atoms with E-state index in [0.717, 1.165) is 40.8 Å². The summed E-state index contributed by atoms with van der Waals surface area (Å²) in [4.78, 5) is 25.4. The van der Waals surface area contributed by atoms with Gasteiger partial charge in [-0.15, -0.1) is 0 Å². The first-order chi connectivity index (χ1) is 14.8. The zero-order chi connectivity index (χ0) is 22.2. The van der Waals surface area contributed by atoms with Gasteiger partial charge in [0.05, 0.1) is 17.3 Å². The van der Waals surface area contributed by atoms with Crippen molar-refractivity contribution in [1.82, 2.24) is 15.1 Å². The molecule has 1 N–H and O–H groups in total. The number of rotatable bonds is 3. The molecular weight excluding hydrogens is 407 g/mol. The van der Waals surface area contributed by atoms with Gasteiger partial charge in [-0.05, 0) is 49.4 Å². The molecule has 2 aromatic carbocycles. The van der Waals surface area contributed by atoms with Gasteiger partial charge in [-0.1, -0.05) is 36.4 Å². The summed E-state index contributed by atoms with van der Waals surface area (Å²) in [5, 5.41) is 6.87. The van der Waals surface area contributed by atoms with E-state index in [9.17, 15) is 22.8 Å². The maximum absolute atomic E-state index is 13.5. The van der Waals surface area contributed by atoms with Gasteiger partial charge >= 0.3 is 6.18 Å². The minimum atomic E-state index is -4.61. The number of para-hydroxylation sites is 1. The Morgan fingerprint density at radius 2 is 1.84 bits per heavy atom. The molecule has 160 valence electrons. The van der Waals surface area contributed by atoms with Gasteiger partial charge in [-0.25, -0.2) is 4.68 Å². The van der Waals surface area contributed by atoms with Gasteiger partial charge in [0.2, 0.25) is 5.43 Å². The Morgan fingerprint density at radius 1 is 1.13 bits per heavy atom. The fourth-order valence-electron chi connectivity index (χ4n) is 3.98. The number of aryl methyl sites for hydroxylation is 2. The lowest BCUT2D eigenvalue weighted by Crippen LogP contribution is -2.36. The summed E-state index contributed by atoms with van der Waals surface area (Å²) >= 11 is 0. The monoisotopic (exact) mass is 427 g/mol. The second-order valence-corrected chi connectivity index (χ2v) is 7.54. The number of carbonyl (C=O) groups is 1. The van der Waals surface area contributed by atoms with E-state index in [4.69, 9.17) is 0 Å². The SMILES string of the molecule is Cc1cc(=O)c(C(=O)NC2CCCc3ccccc32)nn1-c1ccccc1C(F)(F)F. The largest absolute Gasteiger partial charge is 0.418 e. The molecule has 0 radical (unpaired) electrons. The summed E-state index contributed by atoms with van der Waals surface area (Å²) in [6.45, 7) is 1.47. The average Bonchev–Trinajstić information content (AvgIpc) is 2.73. The molecule has 0 saturated carbocycles. The van der Waals surface area contributed by atoms with Crippen LogP contribution in [0.25, 0.3) is 5.69 Å². The van der Waals surface area contributed by atoms with Crippen LogP contribution in [0.2, 0.25) is 0 Å². The van der Waals surface area contributed by atoms with Gasteiger partial charge in [0.1, 0.15) is 0 Å². The number of nitrogens with one attached hydrogen (secondary N) is 1. The summed E-state index contributed by atoms with van der Waals surface area (Å²) < 4.78 is 41.4. The van der Waals surface area contributed by atoms with Crippen molar-refractivity contribution in [1.29, 1.82) is 0 Å². The summed E-state index contributed by atoms with van der Waals surface area (Å²) in [6, 6.07) is 13.5. The lowest BCUT2D eigenvalue weighted by Gasteiger charge is -2.26. The van der Waals surface area contributed by atoms with Crippen molar-refractivity contribution in [3.8, 4) is 5.69 Å². The Hall–Kier alpha value is -3.42. The molecule has 5 nitrogen and oxygen atoms in total. The molecule has 3 aromatic rings. The molecule has 1 aliphatic carbocycles. The Balaban J connectivity index is 1.72. The standard InChI is InChI=1S/C23H20F3N3O2/c1-14-13-20(30)21(28-29(14)19-12-5-4-10-17(19)23(24,25)26)22(31)27-18-11-6-8-15-7-2-3-9-16(15)18/h2-5,7,9-10,12-13,18H,6,8,11H2,1H3,(H,27,31). The third kappa shape index (κ3) is 4.10. The van der Waals surface area contributed by atoms with E-state index >= 15 is 0 Å². The number of alkyl halides is 3. The van der Waals surface area contributed by atoms with Gasteiger partial charge in [0, 0.05) is 11.8 Å². The van der Waals surface area contributed by atoms with Crippen LogP contribution in [-0.4, -0.2) is 15.7 Å². The van der Waals surface area contributed by atoms with E-state index in [-0.39, 0.29) is 17.4 Å². The second kappa shape index (κ2) is 8.02. The number of aromatic nitrogens is 2. The Kier molecular flexibility index (Phi) is 5.39. The molecule has 1 amide bonds. The molecule has 0 fully saturated rings. The zero-order valence-corrected chi connectivity index (χ0v) is 16.7. The molecule has 1 aromatic heterocycles. The number of hydrogen-bond acceptors (Lipinski definition) is 3. The lowest BCUT2D eigenvalue weighted by atomic mass is 9.87. The molecule has 0 bridgehead atoms. The maximum atomic E-state index is 13.5. The number of halogens is 3. The summed E-state index contributed by atoms with van der Waals surface area (Å²) in [6.07, 6.45) is -2.11. The van der Waals surface area contributed by atoms with Crippen molar-refractivity contribution in [2.24, 2.45) is 0 Å². The van der Waals surface area contributed by atoms with Crippen LogP contribution < -0.4 is 10.7 Å². The molecule has 1 aliphatic rings. The van der Waals surface area contributed by atoms with Crippen molar-refractivity contribution in [3.63, 3.8) is 0 Å². The maximum Gasteiger partial charge on any atom is 0.418 e. The summed E-state index contributed by atoms with van der Waals surface area (Å²) in [7, 11) is 0. The fraction of sp³-hybridized carbons (Fsp3) is 0.261. The first-order valence-electron chi connectivity index (χ1n) is 9.92. The van der Waals surface area contributed by atoms with E-state index in [1.54, 1.807) is 0 Å². The fourth-order valence-corrected chi connectivity index (χ4v) is 3.98. The number of carbonyl (C=O) groups excluding carboxylic acids is 1. The van der Waals surface area contributed by atoms with Crippen LogP contribution in [0.4, 0.5) is 13.2 Å². The highest BCUT2D eigenvalue weighted by molar-refractivity contribution is 5.92. The molecule has 4 rings (SSSR count). The summed E-state index contributed by atoms with van der Waals surface area (Å²) in [5.41, 5.74) is 0.0856. The number of nitrogens with zero attached hydrogens (tertiary/aromatic N) is 2. The Labute approximate surface area is 176 Å². The first kappa shape index (κ1) is 20.8. The Morgan fingerprint density at radius 3 is 2.61 bits per heavy atom. The van der Waals surface area contributed by atoms with E-state index in [0.29, 0.717) is 6.42 Å². The molecule has 1 heterocycles. The molecule has 31 heavy (non-hydrogen) atoms. The predicted octanol–water partition coefficient (Wildman–Crippen LogP) is 4.37. The van der Waals surface area contributed by atoms with Crippen LogP contribution in [0.3, 0.4) is 0 Å². The van der Waals surface area contributed by atoms with Crippen LogP contribution in [0, 0.1) is 6.92 Å². The second-order valence-electron chi connectivity index (χ2n) is 7.54. The third-order valence-electron chi connectivity index (χ3n) is 5.43. The molecule has 0 saturated heterocycles. The number of amides is 1. The molecule has 0 aliphatic heterocycles. The quantitative estimate of drug-likeness (QED) is 0.675. The molecular formula is C23H20F3N3O2. The van der Waals surface area contributed by atoms with Gasteiger partial charge < -0.3 is 5.32 Å². The highest BCUT2D eigenvalue weighted by Gasteiger charge is 2.34. The van der Waals surface area contributed by atoms with Crippen molar-refractivity contribution in [3.05, 3.63) is 92.9 Å².